The average molecular weight is 470 g/mol. The van der Waals surface area contributed by atoms with Gasteiger partial charge in [-0.05, 0) is 86.7 Å². The van der Waals surface area contributed by atoms with Crippen molar-refractivity contribution in [2.45, 2.75) is 38.6 Å². The Balaban J connectivity index is 1.55. The smallest absolute Gasteiger partial charge is 0.174 e. The van der Waals surface area contributed by atoms with Crippen LogP contribution in [-0.4, -0.2) is 25.8 Å². The molecule has 1 N–H and O–H groups in total. The van der Waals surface area contributed by atoms with E-state index < -0.39 is 0 Å². The number of thiocarbonyl (C=S) groups is 1. The Bertz CT molecular complexity index is 1240. The predicted octanol–water partition coefficient (Wildman–Crippen LogP) is 5.29. The number of aromatic nitrogens is 3. The fraction of sp³-hybridized carbons (Fsp3) is 0.222. The van der Waals surface area contributed by atoms with Crippen LogP contribution in [0.3, 0.4) is 0 Å². The Labute approximate surface area is 205 Å². The second kappa shape index (κ2) is 9.65. The number of nitrogens with one attached hydrogen (secondary N) is 1. The molecule has 4 heterocycles. The van der Waals surface area contributed by atoms with Crippen LogP contribution in [0.1, 0.15) is 43.0 Å². The fourth-order valence-electron chi connectivity index (χ4n) is 4.40. The highest BCUT2D eigenvalue weighted by molar-refractivity contribution is 7.80. The maximum Gasteiger partial charge on any atom is 0.174 e. The average Bonchev–Trinajstić information content (AvgIpc) is 3.44. The van der Waals surface area contributed by atoms with Crippen LogP contribution in [0.25, 0.3) is 0 Å². The Morgan fingerprint density at radius 1 is 0.941 bits per heavy atom. The first-order valence-corrected chi connectivity index (χ1v) is 11.8. The first-order valence-electron chi connectivity index (χ1n) is 11.4. The van der Waals surface area contributed by atoms with Crippen LogP contribution in [0.5, 0.6) is 5.75 Å². The van der Waals surface area contributed by atoms with Crippen molar-refractivity contribution in [1.29, 1.82) is 0 Å². The Kier molecular flexibility index (Phi) is 6.27. The molecule has 0 saturated carbocycles. The second-order valence-corrected chi connectivity index (χ2v) is 8.93. The highest BCUT2D eigenvalue weighted by Gasteiger charge is 2.42. The third-order valence-electron chi connectivity index (χ3n) is 5.81. The van der Waals surface area contributed by atoms with E-state index in [0.717, 1.165) is 28.5 Å². The van der Waals surface area contributed by atoms with Gasteiger partial charge in [0.1, 0.15) is 11.8 Å². The summed E-state index contributed by atoms with van der Waals surface area (Å²) in [4.78, 5) is 11.4. The molecule has 0 bridgehead atoms. The molecule has 1 aliphatic heterocycles. The maximum atomic E-state index is 5.86. The molecule has 0 radical (unpaired) electrons. The van der Waals surface area contributed by atoms with Crippen molar-refractivity contribution in [3.8, 4) is 5.75 Å². The van der Waals surface area contributed by atoms with E-state index in [1.54, 1.807) is 0 Å². The zero-order chi connectivity index (χ0) is 23.5. The molecule has 0 amide bonds. The predicted molar refractivity (Wildman–Crippen MR) is 138 cm³/mol. The van der Waals surface area contributed by atoms with Gasteiger partial charge in [-0.15, -0.1) is 0 Å². The molecule has 1 aliphatic rings. The molecular formula is C27H27N5OS. The number of benzene rings is 1. The largest absolute Gasteiger partial charge is 0.491 e. The summed E-state index contributed by atoms with van der Waals surface area (Å²) in [6.45, 7) is 4.73. The zero-order valence-electron chi connectivity index (χ0n) is 19.2. The standard InChI is InChI=1S/C27H27N5OS/c1-19(2)33-22-13-11-21(12-14-22)32-26(25(30-27(32)34)23-9-4-6-16-29-23)24-10-7-17-31(24)18-20-8-3-5-15-28-20/h3-17,19,25-26H,18H2,1-2H3,(H,30,34)/t25-,26+/m0/s1. The molecule has 1 aromatic carbocycles. The lowest BCUT2D eigenvalue weighted by atomic mass is 10.0. The van der Waals surface area contributed by atoms with Crippen molar-refractivity contribution in [3.05, 3.63) is 108 Å². The van der Waals surface area contributed by atoms with Crippen LogP contribution in [0.2, 0.25) is 0 Å². The maximum absolute atomic E-state index is 5.86. The van der Waals surface area contributed by atoms with Gasteiger partial charge < -0.3 is 19.5 Å². The number of anilines is 1. The van der Waals surface area contributed by atoms with E-state index in [9.17, 15) is 0 Å². The van der Waals surface area contributed by atoms with Crippen molar-refractivity contribution >= 4 is 23.0 Å². The van der Waals surface area contributed by atoms with Crippen molar-refractivity contribution in [3.63, 3.8) is 0 Å². The summed E-state index contributed by atoms with van der Waals surface area (Å²) >= 11 is 5.86. The van der Waals surface area contributed by atoms with Crippen LogP contribution in [0.4, 0.5) is 5.69 Å². The minimum absolute atomic E-state index is 0.0852. The van der Waals surface area contributed by atoms with E-state index in [2.05, 4.69) is 55.2 Å². The topological polar surface area (TPSA) is 55.2 Å². The molecule has 172 valence electrons. The van der Waals surface area contributed by atoms with Gasteiger partial charge in [0.2, 0.25) is 0 Å². The number of hydrogen-bond donors (Lipinski definition) is 1. The summed E-state index contributed by atoms with van der Waals surface area (Å²) in [6, 6.07) is 24.1. The molecule has 0 spiro atoms. The van der Waals surface area contributed by atoms with E-state index in [1.165, 1.54) is 0 Å². The fourth-order valence-corrected chi connectivity index (χ4v) is 4.74. The molecule has 1 fully saturated rings. The van der Waals surface area contributed by atoms with E-state index in [4.69, 9.17) is 17.0 Å². The van der Waals surface area contributed by atoms with Crippen LogP contribution in [0.15, 0.2) is 91.4 Å². The normalized spacial score (nSPS) is 17.7. The zero-order valence-corrected chi connectivity index (χ0v) is 20.0. The molecule has 7 heteroatoms. The number of hydrogen-bond acceptors (Lipinski definition) is 4. The van der Waals surface area contributed by atoms with E-state index >= 15 is 0 Å². The molecule has 0 unspecified atom stereocenters. The van der Waals surface area contributed by atoms with Crippen LogP contribution in [0, 0.1) is 0 Å². The highest BCUT2D eigenvalue weighted by Crippen LogP contribution is 2.42. The summed E-state index contributed by atoms with van der Waals surface area (Å²) in [6.07, 6.45) is 5.87. The lowest BCUT2D eigenvalue weighted by Gasteiger charge is -2.29. The lowest BCUT2D eigenvalue weighted by Crippen LogP contribution is -2.30. The number of nitrogens with zero attached hydrogens (tertiary/aromatic N) is 4. The first-order chi connectivity index (χ1) is 16.6. The minimum atomic E-state index is -0.0994. The second-order valence-electron chi connectivity index (χ2n) is 8.54. The molecule has 3 aromatic heterocycles. The van der Waals surface area contributed by atoms with Gasteiger partial charge in [-0.2, -0.15) is 0 Å². The molecule has 4 aromatic rings. The van der Waals surface area contributed by atoms with Gasteiger partial charge in [0.05, 0.1) is 30.1 Å². The summed E-state index contributed by atoms with van der Waals surface area (Å²) < 4.78 is 8.08. The summed E-state index contributed by atoms with van der Waals surface area (Å²) in [5, 5.41) is 4.20. The third-order valence-corrected chi connectivity index (χ3v) is 6.13. The van der Waals surface area contributed by atoms with Gasteiger partial charge in [0.15, 0.2) is 5.11 Å². The van der Waals surface area contributed by atoms with E-state index in [-0.39, 0.29) is 18.2 Å². The number of pyridine rings is 2. The number of ether oxygens (including phenoxy) is 1. The Hall–Kier alpha value is -3.71. The first kappa shape index (κ1) is 22.1. The third kappa shape index (κ3) is 4.52. The van der Waals surface area contributed by atoms with Crippen molar-refractivity contribution in [2.24, 2.45) is 0 Å². The van der Waals surface area contributed by atoms with Gasteiger partial charge in [-0.25, -0.2) is 0 Å². The molecule has 1 saturated heterocycles. The molecular weight excluding hydrogens is 442 g/mol. The number of rotatable bonds is 7. The van der Waals surface area contributed by atoms with Gasteiger partial charge >= 0.3 is 0 Å². The Morgan fingerprint density at radius 3 is 2.38 bits per heavy atom. The van der Waals surface area contributed by atoms with Crippen molar-refractivity contribution in [1.82, 2.24) is 19.9 Å². The van der Waals surface area contributed by atoms with Crippen molar-refractivity contribution < 1.29 is 4.74 Å². The van der Waals surface area contributed by atoms with Crippen LogP contribution >= 0.6 is 12.2 Å². The summed E-state index contributed by atoms with van der Waals surface area (Å²) in [7, 11) is 0. The minimum Gasteiger partial charge on any atom is -0.491 e. The van der Waals surface area contributed by atoms with Gasteiger partial charge in [-0.3, -0.25) is 9.97 Å². The summed E-state index contributed by atoms with van der Waals surface area (Å²) in [5.74, 6) is 0.841. The molecule has 6 nitrogen and oxygen atoms in total. The quantitative estimate of drug-likeness (QED) is 0.371. The van der Waals surface area contributed by atoms with Gasteiger partial charge in [-0.1, -0.05) is 12.1 Å². The monoisotopic (exact) mass is 469 g/mol. The highest BCUT2D eigenvalue weighted by atomic mass is 32.1. The van der Waals surface area contributed by atoms with Crippen LogP contribution < -0.4 is 15.0 Å². The van der Waals surface area contributed by atoms with Gasteiger partial charge in [0.25, 0.3) is 0 Å². The van der Waals surface area contributed by atoms with E-state index in [0.29, 0.717) is 11.7 Å². The summed E-state index contributed by atoms with van der Waals surface area (Å²) in [5.41, 5.74) is 4.09. The lowest BCUT2D eigenvalue weighted by molar-refractivity contribution is 0.242. The molecule has 34 heavy (non-hydrogen) atoms. The van der Waals surface area contributed by atoms with Crippen molar-refractivity contribution in [2.75, 3.05) is 4.90 Å². The Morgan fingerprint density at radius 2 is 1.71 bits per heavy atom. The molecule has 0 aliphatic carbocycles. The SMILES string of the molecule is CC(C)Oc1ccc(N2C(=S)N[C@@H](c3ccccn3)[C@H]2c2cccn2Cc2ccccn2)cc1. The molecule has 5 rings (SSSR count). The van der Waals surface area contributed by atoms with Gasteiger partial charge in [0, 0.05) is 30.0 Å². The molecule has 2 atom stereocenters. The van der Waals surface area contributed by atoms with Crippen LogP contribution in [-0.2, 0) is 6.54 Å². The van der Waals surface area contributed by atoms with E-state index in [1.807, 2.05) is 74.8 Å².